The first kappa shape index (κ1) is 13.0. The van der Waals surface area contributed by atoms with E-state index in [4.69, 9.17) is 0 Å². The van der Waals surface area contributed by atoms with Gasteiger partial charge in [-0.05, 0) is 55.2 Å². The third-order valence-corrected chi connectivity index (χ3v) is 5.11. The topological polar surface area (TPSA) is 49.3 Å². The molecule has 3 unspecified atom stereocenters. The molecule has 0 aliphatic heterocycles. The van der Waals surface area contributed by atoms with Gasteiger partial charge in [-0.2, -0.15) is 0 Å². The van der Waals surface area contributed by atoms with Crippen molar-refractivity contribution >= 4 is 21.8 Å². The van der Waals surface area contributed by atoms with Crippen LogP contribution in [0.5, 0.6) is 5.75 Å². The van der Waals surface area contributed by atoms with Gasteiger partial charge in [0, 0.05) is 11.0 Å². The van der Waals surface area contributed by atoms with Crippen LogP contribution in [-0.4, -0.2) is 17.6 Å². The number of benzene rings is 1. The van der Waals surface area contributed by atoms with Gasteiger partial charge in [0.2, 0.25) is 0 Å². The van der Waals surface area contributed by atoms with Gasteiger partial charge in [0.25, 0.3) is 5.91 Å². The molecule has 3 nitrogen and oxygen atoms in total. The average molecular weight is 324 g/mol. The Morgan fingerprint density at radius 2 is 2.21 bits per heavy atom. The Bertz CT molecular complexity index is 503. The molecule has 0 heterocycles. The average Bonchev–Trinajstić information content (AvgIpc) is 3.01. The van der Waals surface area contributed by atoms with E-state index in [0.717, 1.165) is 22.9 Å². The lowest BCUT2D eigenvalue weighted by Crippen LogP contribution is -2.31. The minimum Gasteiger partial charge on any atom is -0.507 e. The molecule has 1 aromatic rings. The highest BCUT2D eigenvalue weighted by atomic mass is 79.9. The zero-order chi connectivity index (χ0) is 13.4. The number of nitrogens with one attached hydrogen (secondary N) is 1. The monoisotopic (exact) mass is 323 g/mol. The maximum Gasteiger partial charge on any atom is 0.255 e. The fourth-order valence-corrected chi connectivity index (χ4v) is 4.00. The second-order valence-corrected chi connectivity index (χ2v) is 6.72. The number of aromatic hydroxyl groups is 1. The van der Waals surface area contributed by atoms with Gasteiger partial charge in [0.05, 0.1) is 5.56 Å². The third-order valence-electron chi connectivity index (χ3n) is 4.61. The molecule has 2 aliphatic rings. The highest BCUT2D eigenvalue weighted by Crippen LogP contribution is 2.47. The van der Waals surface area contributed by atoms with Gasteiger partial charge in [0.1, 0.15) is 5.75 Å². The fraction of sp³-hybridized carbons (Fsp3) is 0.533. The number of carbonyl (C=O) groups excluding carboxylic acids is 1. The summed E-state index contributed by atoms with van der Waals surface area (Å²) in [5.74, 6) is 2.19. The first-order valence-corrected chi connectivity index (χ1v) is 7.69. The molecule has 0 aromatic heterocycles. The summed E-state index contributed by atoms with van der Waals surface area (Å²) in [5, 5.41) is 12.7. The van der Waals surface area contributed by atoms with Crippen molar-refractivity contribution in [1.82, 2.24) is 5.32 Å². The summed E-state index contributed by atoms with van der Waals surface area (Å²) < 4.78 is 0.801. The molecule has 102 valence electrons. The highest BCUT2D eigenvalue weighted by Gasteiger charge is 2.39. The van der Waals surface area contributed by atoms with Crippen LogP contribution in [0.3, 0.4) is 0 Å². The van der Waals surface area contributed by atoms with E-state index in [1.807, 2.05) is 0 Å². The van der Waals surface area contributed by atoms with Gasteiger partial charge < -0.3 is 10.4 Å². The van der Waals surface area contributed by atoms with Crippen LogP contribution in [0, 0.1) is 17.8 Å². The van der Waals surface area contributed by atoms with Crippen molar-refractivity contribution in [2.24, 2.45) is 17.8 Å². The van der Waals surface area contributed by atoms with Crippen LogP contribution < -0.4 is 5.32 Å². The Morgan fingerprint density at radius 3 is 2.89 bits per heavy atom. The van der Waals surface area contributed by atoms with Crippen molar-refractivity contribution in [2.75, 3.05) is 6.54 Å². The van der Waals surface area contributed by atoms with Crippen molar-refractivity contribution in [1.29, 1.82) is 0 Å². The van der Waals surface area contributed by atoms with Crippen LogP contribution in [-0.2, 0) is 0 Å². The van der Waals surface area contributed by atoms with Crippen LogP contribution in [0.15, 0.2) is 22.7 Å². The number of halogens is 1. The van der Waals surface area contributed by atoms with Gasteiger partial charge in [-0.3, -0.25) is 4.79 Å². The first-order chi connectivity index (χ1) is 9.13. The summed E-state index contributed by atoms with van der Waals surface area (Å²) in [6, 6.07) is 4.92. The number of rotatable bonds is 3. The Labute approximate surface area is 121 Å². The molecule has 2 bridgehead atoms. The number of fused-ring (bicyclic) bond motifs is 2. The molecule has 2 fully saturated rings. The van der Waals surface area contributed by atoms with Gasteiger partial charge in [0.15, 0.2) is 0 Å². The number of carbonyl (C=O) groups is 1. The number of hydrogen-bond acceptors (Lipinski definition) is 2. The molecule has 2 N–H and O–H groups in total. The lowest BCUT2D eigenvalue weighted by molar-refractivity contribution is 0.0939. The van der Waals surface area contributed by atoms with Gasteiger partial charge in [-0.15, -0.1) is 0 Å². The van der Waals surface area contributed by atoms with Crippen molar-refractivity contribution in [3.63, 3.8) is 0 Å². The Balaban J connectivity index is 1.61. The predicted octanol–water partition coefficient (Wildman–Crippen LogP) is 3.32. The van der Waals surface area contributed by atoms with Crippen molar-refractivity contribution in [2.45, 2.75) is 25.7 Å². The number of phenols is 1. The molecular weight excluding hydrogens is 306 g/mol. The Morgan fingerprint density at radius 1 is 1.37 bits per heavy atom. The van der Waals surface area contributed by atoms with E-state index >= 15 is 0 Å². The zero-order valence-corrected chi connectivity index (χ0v) is 12.3. The predicted molar refractivity (Wildman–Crippen MR) is 77.1 cm³/mol. The van der Waals surface area contributed by atoms with Gasteiger partial charge in [-0.25, -0.2) is 0 Å². The molecule has 4 heteroatoms. The van der Waals surface area contributed by atoms with Crippen LogP contribution >= 0.6 is 15.9 Å². The summed E-state index contributed by atoms with van der Waals surface area (Å²) in [6.07, 6.45) is 5.31. The van der Waals surface area contributed by atoms with E-state index in [9.17, 15) is 9.90 Å². The van der Waals surface area contributed by atoms with E-state index in [1.165, 1.54) is 31.7 Å². The van der Waals surface area contributed by atoms with Crippen LogP contribution in [0.2, 0.25) is 0 Å². The van der Waals surface area contributed by atoms with E-state index in [2.05, 4.69) is 21.2 Å². The Hall–Kier alpha value is -1.03. The SMILES string of the molecule is O=C(NCC1CC2CCC1C2)c1cc(Br)ccc1O. The normalized spacial score (nSPS) is 28.6. The number of phenolic OH excluding ortho intramolecular Hbond substituents is 1. The van der Waals surface area contributed by atoms with Crippen molar-refractivity contribution < 1.29 is 9.90 Å². The number of hydrogen-bond donors (Lipinski definition) is 2. The van der Waals surface area contributed by atoms with Gasteiger partial charge >= 0.3 is 0 Å². The lowest BCUT2D eigenvalue weighted by Gasteiger charge is -2.21. The minimum atomic E-state index is -0.179. The van der Waals surface area contributed by atoms with Crippen LogP contribution in [0.4, 0.5) is 0 Å². The first-order valence-electron chi connectivity index (χ1n) is 6.90. The molecule has 0 radical (unpaired) electrons. The molecule has 1 amide bonds. The van der Waals surface area contributed by atoms with Crippen LogP contribution in [0.25, 0.3) is 0 Å². The maximum atomic E-state index is 12.1. The van der Waals surface area contributed by atoms with E-state index in [1.54, 1.807) is 12.1 Å². The quantitative estimate of drug-likeness (QED) is 0.896. The molecule has 0 saturated heterocycles. The van der Waals surface area contributed by atoms with Crippen molar-refractivity contribution in [3.05, 3.63) is 28.2 Å². The largest absolute Gasteiger partial charge is 0.507 e. The summed E-state index contributed by atoms with van der Waals surface area (Å²) in [5.41, 5.74) is 0.345. The molecule has 3 atom stereocenters. The van der Waals surface area contributed by atoms with Gasteiger partial charge in [-0.1, -0.05) is 22.4 Å². The smallest absolute Gasteiger partial charge is 0.255 e. The molecule has 0 spiro atoms. The van der Waals surface area contributed by atoms with E-state index in [-0.39, 0.29) is 11.7 Å². The van der Waals surface area contributed by atoms with E-state index < -0.39 is 0 Å². The standard InChI is InChI=1S/C15H18BrNO2/c16-12-3-4-14(18)13(7-12)15(19)17-8-11-6-9-1-2-10(11)5-9/h3-4,7,9-11,18H,1-2,5-6,8H2,(H,17,19). The lowest BCUT2D eigenvalue weighted by atomic mass is 9.89. The van der Waals surface area contributed by atoms with Crippen LogP contribution in [0.1, 0.15) is 36.0 Å². The molecule has 2 saturated carbocycles. The second kappa shape index (κ2) is 5.16. The fourth-order valence-electron chi connectivity index (χ4n) is 3.64. The zero-order valence-electron chi connectivity index (χ0n) is 10.7. The van der Waals surface area contributed by atoms with Crippen molar-refractivity contribution in [3.8, 4) is 5.75 Å². The molecule has 2 aliphatic carbocycles. The molecule has 3 rings (SSSR count). The molecule has 1 aromatic carbocycles. The third kappa shape index (κ3) is 2.64. The molecule has 19 heavy (non-hydrogen) atoms. The summed E-state index contributed by atoms with van der Waals surface area (Å²) in [6.45, 7) is 0.742. The summed E-state index contributed by atoms with van der Waals surface area (Å²) in [7, 11) is 0. The number of amides is 1. The summed E-state index contributed by atoms with van der Waals surface area (Å²) in [4.78, 5) is 12.1. The Kier molecular flexibility index (Phi) is 3.52. The minimum absolute atomic E-state index is 0.0358. The highest BCUT2D eigenvalue weighted by molar-refractivity contribution is 9.10. The molecular formula is C15H18BrNO2. The maximum absolute atomic E-state index is 12.1. The van der Waals surface area contributed by atoms with E-state index in [0.29, 0.717) is 11.5 Å². The second-order valence-electron chi connectivity index (χ2n) is 5.81. The summed E-state index contributed by atoms with van der Waals surface area (Å²) >= 11 is 3.32.